The molecule has 0 fully saturated rings. The Morgan fingerprint density at radius 1 is 1.57 bits per heavy atom. The Kier molecular flexibility index (Phi) is 4.38. The average Bonchev–Trinajstić information content (AvgIpc) is 2.18. The van der Waals surface area contributed by atoms with Gasteiger partial charge in [0.05, 0.1) is 19.3 Å². The summed E-state index contributed by atoms with van der Waals surface area (Å²) in [5, 5.41) is 9.00. The number of benzene rings is 1. The molecule has 4 heteroatoms. The summed E-state index contributed by atoms with van der Waals surface area (Å²) in [5.74, 6) is 0.725. The summed E-state index contributed by atoms with van der Waals surface area (Å²) < 4.78 is 6.29. The van der Waals surface area contributed by atoms with Gasteiger partial charge in [0.1, 0.15) is 5.75 Å². The maximum Gasteiger partial charge on any atom is 0.125 e. The number of rotatable bonds is 4. The first kappa shape index (κ1) is 11.5. The molecule has 0 aliphatic rings. The van der Waals surface area contributed by atoms with Gasteiger partial charge in [-0.3, -0.25) is 0 Å². The molecular weight excluding hydrogens is 246 g/mol. The van der Waals surface area contributed by atoms with E-state index in [1.165, 1.54) is 0 Å². The van der Waals surface area contributed by atoms with Crippen LogP contribution >= 0.6 is 15.9 Å². The fraction of sp³-hybridized carbons (Fsp3) is 0.400. The van der Waals surface area contributed by atoms with Crippen LogP contribution in [0.2, 0.25) is 0 Å². The fourth-order valence-corrected chi connectivity index (χ4v) is 1.89. The Labute approximate surface area is 92.0 Å². The first-order chi connectivity index (χ1) is 6.70. The number of aliphatic hydroxyl groups is 1. The highest BCUT2D eigenvalue weighted by molar-refractivity contribution is 9.10. The molecule has 78 valence electrons. The molecule has 0 aliphatic heterocycles. The second-order valence-corrected chi connectivity index (χ2v) is 3.73. The van der Waals surface area contributed by atoms with E-state index in [0.717, 1.165) is 15.8 Å². The van der Waals surface area contributed by atoms with E-state index in [9.17, 15) is 0 Å². The average molecular weight is 260 g/mol. The van der Waals surface area contributed by atoms with E-state index >= 15 is 0 Å². The van der Waals surface area contributed by atoms with E-state index in [1.807, 2.05) is 25.1 Å². The molecule has 0 heterocycles. The molecule has 0 aromatic heterocycles. The Hall–Kier alpha value is -0.580. The lowest BCUT2D eigenvalue weighted by Crippen LogP contribution is -2.16. The van der Waals surface area contributed by atoms with Gasteiger partial charge in [0, 0.05) is 10.0 Å². The predicted molar refractivity (Wildman–Crippen MR) is 59.3 cm³/mol. The van der Waals surface area contributed by atoms with Crippen LogP contribution < -0.4 is 10.5 Å². The summed E-state index contributed by atoms with van der Waals surface area (Å²) in [6.07, 6.45) is 0. The van der Waals surface area contributed by atoms with Crippen LogP contribution in [0.1, 0.15) is 18.5 Å². The molecule has 0 radical (unpaired) electrons. The third kappa shape index (κ3) is 2.47. The van der Waals surface area contributed by atoms with Crippen molar-refractivity contribution in [3.05, 3.63) is 28.2 Å². The van der Waals surface area contributed by atoms with E-state index in [4.69, 9.17) is 15.6 Å². The van der Waals surface area contributed by atoms with Gasteiger partial charge in [-0.1, -0.05) is 22.0 Å². The Balaban J connectivity index is 3.08. The quantitative estimate of drug-likeness (QED) is 0.868. The molecule has 1 atom stereocenters. The highest BCUT2D eigenvalue weighted by Crippen LogP contribution is 2.31. The molecule has 1 aromatic carbocycles. The number of halogens is 1. The highest BCUT2D eigenvalue weighted by Gasteiger charge is 2.14. The zero-order chi connectivity index (χ0) is 10.6. The van der Waals surface area contributed by atoms with E-state index in [1.54, 1.807) is 0 Å². The van der Waals surface area contributed by atoms with Crippen LogP contribution in [0.3, 0.4) is 0 Å². The SMILES string of the molecule is CCOc1cccc(Br)c1C(N)CO. The number of nitrogens with two attached hydrogens (primary N) is 1. The van der Waals surface area contributed by atoms with Crippen LogP contribution in [-0.2, 0) is 0 Å². The highest BCUT2D eigenvalue weighted by atomic mass is 79.9. The molecule has 1 rings (SSSR count). The molecule has 1 aromatic rings. The van der Waals surface area contributed by atoms with Crippen LogP contribution in [-0.4, -0.2) is 18.3 Å². The molecule has 0 bridgehead atoms. The number of hydrogen-bond donors (Lipinski definition) is 2. The van der Waals surface area contributed by atoms with Gasteiger partial charge in [-0.05, 0) is 19.1 Å². The van der Waals surface area contributed by atoms with Crippen molar-refractivity contribution < 1.29 is 9.84 Å². The Morgan fingerprint density at radius 2 is 2.29 bits per heavy atom. The third-order valence-corrected chi connectivity index (χ3v) is 2.57. The van der Waals surface area contributed by atoms with Crippen molar-refractivity contribution in [1.82, 2.24) is 0 Å². The van der Waals surface area contributed by atoms with Gasteiger partial charge in [0.2, 0.25) is 0 Å². The summed E-state index contributed by atoms with van der Waals surface area (Å²) in [6, 6.07) is 5.20. The van der Waals surface area contributed by atoms with Crippen molar-refractivity contribution >= 4 is 15.9 Å². The lowest BCUT2D eigenvalue weighted by atomic mass is 10.1. The van der Waals surface area contributed by atoms with Crippen molar-refractivity contribution in [2.75, 3.05) is 13.2 Å². The molecule has 0 amide bonds. The normalized spacial score (nSPS) is 12.6. The fourth-order valence-electron chi connectivity index (χ4n) is 1.25. The van der Waals surface area contributed by atoms with E-state index < -0.39 is 6.04 Å². The smallest absolute Gasteiger partial charge is 0.125 e. The van der Waals surface area contributed by atoms with Crippen LogP contribution in [0.25, 0.3) is 0 Å². The number of aliphatic hydroxyl groups excluding tert-OH is 1. The van der Waals surface area contributed by atoms with Gasteiger partial charge in [-0.2, -0.15) is 0 Å². The first-order valence-electron chi connectivity index (χ1n) is 4.48. The molecule has 0 saturated carbocycles. The Bertz CT molecular complexity index is 304. The maximum absolute atomic E-state index is 9.00. The Morgan fingerprint density at radius 3 is 2.86 bits per heavy atom. The second kappa shape index (κ2) is 5.34. The van der Waals surface area contributed by atoms with Crippen LogP contribution in [0.15, 0.2) is 22.7 Å². The van der Waals surface area contributed by atoms with Crippen molar-refractivity contribution in [1.29, 1.82) is 0 Å². The largest absolute Gasteiger partial charge is 0.493 e. The predicted octanol–water partition coefficient (Wildman–Crippen LogP) is 1.84. The summed E-state index contributed by atoms with van der Waals surface area (Å²) in [4.78, 5) is 0. The standard InChI is InChI=1S/C10H14BrNO2/c1-2-14-9-5-3-4-7(11)10(9)8(12)6-13/h3-5,8,13H,2,6,12H2,1H3. The van der Waals surface area contributed by atoms with Crippen LogP contribution in [0.4, 0.5) is 0 Å². The van der Waals surface area contributed by atoms with Gasteiger partial charge in [0.25, 0.3) is 0 Å². The molecule has 1 unspecified atom stereocenters. The minimum atomic E-state index is -0.410. The van der Waals surface area contributed by atoms with Gasteiger partial charge < -0.3 is 15.6 Å². The third-order valence-electron chi connectivity index (χ3n) is 1.88. The summed E-state index contributed by atoms with van der Waals surface area (Å²) in [6.45, 7) is 2.40. The minimum absolute atomic E-state index is 0.0946. The van der Waals surface area contributed by atoms with E-state index in [0.29, 0.717) is 6.61 Å². The number of hydrogen-bond acceptors (Lipinski definition) is 3. The molecular formula is C10H14BrNO2. The van der Waals surface area contributed by atoms with Crippen molar-refractivity contribution in [3.63, 3.8) is 0 Å². The number of ether oxygens (including phenoxy) is 1. The maximum atomic E-state index is 9.00. The summed E-state index contributed by atoms with van der Waals surface area (Å²) in [7, 11) is 0. The molecule has 14 heavy (non-hydrogen) atoms. The molecule has 3 nitrogen and oxygen atoms in total. The topological polar surface area (TPSA) is 55.5 Å². The molecule has 3 N–H and O–H groups in total. The summed E-state index contributed by atoms with van der Waals surface area (Å²) in [5.41, 5.74) is 6.58. The van der Waals surface area contributed by atoms with Crippen LogP contribution in [0.5, 0.6) is 5.75 Å². The zero-order valence-electron chi connectivity index (χ0n) is 8.03. The first-order valence-corrected chi connectivity index (χ1v) is 5.27. The van der Waals surface area contributed by atoms with Crippen molar-refractivity contribution in [2.45, 2.75) is 13.0 Å². The molecule has 0 spiro atoms. The lowest BCUT2D eigenvalue weighted by molar-refractivity contribution is 0.261. The summed E-state index contributed by atoms with van der Waals surface area (Å²) >= 11 is 3.39. The van der Waals surface area contributed by atoms with Crippen molar-refractivity contribution in [3.8, 4) is 5.75 Å². The second-order valence-electron chi connectivity index (χ2n) is 2.87. The zero-order valence-corrected chi connectivity index (χ0v) is 9.62. The molecule has 0 aliphatic carbocycles. The van der Waals surface area contributed by atoms with E-state index in [-0.39, 0.29) is 6.61 Å². The van der Waals surface area contributed by atoms with Gasteiger partial charge in [-0.25, -0.2) is 0 Å². The molecule has 0 saturated heterocycles. The lowest BCUT2D eigenvalue weighted by Gasteiger charge is -2.16. The monoisotopic (exact) mass is 259 g/mol. The van der Waals surface area contributed by atoms with Gasteiger partial charge in [0.15, 0.2) is 0 Å². The minimum Gasteiger partial charge on any atom is -0.493 e. The van der Waals surface area contributed by atoms with Crippen LogP contribution in [0, 0.1) is 0 Å². The van der Waals surface area contributed by atoms with Gasteiger partial charge in [-0.15, -0.1) is 0 Å². The van der Waals surface area contributed by atoms with Crippen molar-refractivity contribution in [2.24, 2.45) is 5.73 Å². The van der Waals surface area contributed by atoms with Gasteiger partial charge >= 0.3 is 0 Å². The van der Waals surface area contributed by atoms with E-state index in [2.05, 4.69) is 15.9 Å².